The molecule has 0 saturated carbocycles. The Labute approximate surface area is 108 Å². The average Bonchev–Trinajstić information content (AvgIpc) is 2.29. The number of carbonyl (C=O) groups excluding carboxylic acids is 2. The number of rotatable bonds is 4. The Morgan fingerprint density at radius 3 is 1.70 bits per heavy atom. The highest BCUT2D eigenvalue weighted by Crippen LogP contribution is 2.37. The highest BCUT2D eigenvalue weighted by Gasteiger charge is 2.59. The zero-order valence-electron chi connectivity index (χ0n) is 9.96. The lowest BCUT2D eigenvalue weighted by atomic mass is 10.3. The molecular formula is C9H8F6O5. The van der Waals surface area contributed by atoms with Gasteiger partial charge in [-0.15, -0.1) is 0 Å². The molecule has 0 N–H and O–H groups in total. The third-order valence-electron chi connectivity index (χ3n) is 1.68. The van der Waals surface area contributed by atoms with Gasteiger partial charge < -0.3 is 14.2 Å². The summed E-state index contributed by atoms with van der Waals surface area (Å²) in [5, 5.41) is 0. The summed E-state index contributed by atoms with van der Waals surface area (Å²) in [5.74, 6) is -4.68. The molecule has 0 aliphatic rings. The molecule has 0 heterocycles. The van der Waals surface area contributed by atoms with E-state index in [1.165, 1.54) is 0 Å². The van der Waals surface area contributed by atoms with E-state index in [9.17, 15) is 35.9 Å². The van der Waals surface area contributed by atoms with E-state index in [-0.39, 0.29) is 6.08 Å². The molecule has 0 rings (SSSR count). The molecule has 0 aliphatic carbocycles. The first-order valence-corrected chi connectivity index (χ1v) is 4.61. The fraction of sp³-hybridized carbons (Fsp3) is 0.556. The van der Waals surface area contributed by atoms with Crippen molar-refractivity contribution in [2.24, 2.45) is 0 Å². The molecule has 0 radical (unpaired) electrons. The molecule has 0 bridgehead atoms. The fourth-order valence-electron chi connectivity index (χ4n) is 0.854. The molecule has 0 aromatic heterocycles. The second-order valence-corrected chi connectivity index (χ2v) is 3.10. The zero-order valence-corrected chi connectivity index (χ0v) is 9.96. The minimum Gasteiger partial charge on any atom is -0.466 e. The first-order valence-electron chi connectivity index (χ1n) is 4.61. The lowest BCUT2D eigenvalue weighted by Crippen LogP contribution is -2.44. The molecular weight excluding hydrogens is 302 g/mol. The molecule has 5 nitrogen and oxygen atoms in total. The molecule has 0 spiro atoms. The molecule has 0 atom stereocenters. The Bertz CT molecular complexity index is 383. The highest BCUT2D eigenvalue weighted by molar-refractivity contribution is 5.94. The van der Waals surface area contributed by atoms with Crippen molar-refractivity contribution < 1.29 is 50.1 Å². The molecule has 0 amide bonds. The van der Waals surface area contributed by atoms with Crippen LogP contribution in [0.2, 0.25) is 0 Å². The van der Waals surface area contributed by atoms with Gasteiger partial charge in [0.05, 0.1) is 20.3 Å². The van der Waals surface area contributed by atoms with E-state index in [4.69, 9.17) is 0 Å². The van der Waals surface area contributed by atoms with Crippen molar-refractivity contribution in [2.45, 2.75) is 18.5 Å². The van der Waals surface area contributed by atoms with Gasteiger partial charge in [-0.2, -0.15) is 26.3 Å². The van der Waals surface area contributed by atoms with E-state index in [2.05, 4.69) is 14.2 Å². The van der Waals surface area contributed by atoms with Gasteiger partial charge in [0.1, 0.15) is 0 Å². The third-order valence-corrected chi connectivity index (χ3v) is 1.68. The molecule has 0 aliphatic heterocycles. The number of hydrogen-bond acceptors (Lipinski definition) is 5. The molecule has 20 heavy (non-hydrogen) atoms. The predicted molar refractivity (Wildman–Crippen MR) is 49.1 cm³/mol. The molecule has 0 aromatic carbocycles. The van der Waals surface area contributed by atoms with E-state index in [0.29, 0.717) is 7.11 Å². The SMILES string of the molecule is COC(=O)/C=C(/OC(C(F)(F)F)C(F)(F)F)C(=O)OC. The molecule has 0 saturated heterocycles. The third kappa shape index (κ3) is 5.36. The summed E-state index contributed by atoms with van der Waals surface area (Å²) in [6, 6.07) is 0. The minimum absolute atomic E-state index is 0.0102. The van der Waals surface area contributed by atoms with Crippen LogP contribution < -0.4 is 0 Å². The fourth-order valence-corrected chi connectivity index (χ4v) is 0.854. The number of ether oxygens (including phenoxy) is 3. The predicted octanol–water partition coefficient (Wildman–Crippen LogP) is 1.73. The van der Waals surface area contributed by atoms with Crippen molar-refractivity contribution in [3.05, 3.63) is 11.8 Å². The lowest BCUT2D eigenvalue weighted by Gasteiger charge is -2.24. The van der Waals surface area contributed by atoms with Crippen LogP contribution in [0.3, 0.4) is 0 Å². The van der Waals surface area contributed by atoms with Gasteiger partial charge >= 0.3 is 24.3 Å². The number of esters is 2. The maximum absolute atomic E-state index is 12.2. The zero-order chi connectivity index (χ0) is 16.1. The van der Waals surface area contributed by atoms with Crippen molar-refractivity contribution >= 4 is 11.9 Å². The number of hydrogen-bond donors (Lipinski definition) is 0. The quantitative estimate of drug-likeness (QED) is 0.342. The summed E-state index contributed by atoms with van der Waals surface area (Å²) in [4.78, 5) is 21.8. The summed E-state index contributed by atoms with van der Waals surface area (Å²) in [5.41, 5.74) is 0. The van der Waals surface area contributed by atoms with Crippen LogP contribution in [0.4, 0.5) is 26.3 Å². The second kappa shape index (κ2) is 6.48. The van der Waals surface area contributed by atoms with Gasteiger partial charge in [-0.1, -0.05) is 0 Å². The van der Waals surface area contributed by atoms with Crippen molar-refractivity contribution in [1.29, 1.82) is 0 Å². The van der Waals surface area contributed by atoms with Crippen molar-refractivity contribution in [1.82, 2.24) is 0 Å². The average molecular weight is 310 g/mol. The van der Waals surface area contributed by atoms with Crippen LogP contribution in [0, 0.1) is 0 Å². The van der Waals surface area contributed by atoms with Crippen LogP contribution in [-0.2, 0) is 23.8 Å². The van der Waals surface area contributed by atoms with Crippen molar-refractivity contribution in [3.63, 3.8) is 0 Å². The monoisotopic (exact) mass is 310 g/mol. The topological polar surface area (TPSA) is 61.8 Å². The summed E-state index contributed by atoms with van der Waals surface area (Å²) in [7, 11) is 1.46. The maximum Gasteiger partial charge on any atom is 0.434 e. The Morgan fingerprint density at radius 1 is 0.950 bits per heavy atom. The molecule has 11 heteroatoms. The van der Waals surface area contributed by atoms with E-state index in [1.807, 2.05) is 0 Å². The van der Waals surface area contributed by atoms with Gasteiger partial charge in [-0.05, 0) is 0 Å². The summed E-state index contributed by atoms with van der Waals surface area (Å²) < 4.78 is 84.7. The highest BCUT2D eigenvalue weighted by atomic mass is 19.4. The van der Waals surface area contributed by atoms with Gasteiger partial charge in [0.25, 0.3) is 6.10 Å². The normalized spacial score (nSPS) is 13.2. The first-order chi connectivity index (χ1) is 8.93. The van der Waals surface area contributed by atoms with Crippen LogP contribution in [0.1, 0.15) is 0 Å². The molecule has 0 aromatic rings. The molecule has 0 fully saturated rings. The summed E-state index contributed by atoms with van der Waals surface area (Å²) in [6.07, 6.45) is -16.0. The van der Waals surface area contributed by atoms with E-state index < -0.39 is 36.2 Å². The van der Waals surface area contributed by atoms with Crippen LogP contribution in [0.15, 0.2) is 11.8 Å². The van der Waals surface area contributed by atoms with E-state index in [1.54, 1.807) is 0 Å². The summed E-state index contributed by atoms with van der Waals surface area (Å²) >= 11 is 0. The van der Waals surface area contributed by atoms with Crippen molar-refractivity contribution in [3.8, 4) is 0 Å². The molecule has 0 unspecified atom stereocenters. The van der Waals surface area contributed by atoms with Crippen LogP contribution in [0.5, 0.6) is 0 Å². The van der Waals surface area contributed by atoms with Crippen LogP contribution in [0.25, 0.3) is 0 Å². The number of halogens is 6. The van der Waals surface area contributed by atoms with Gasteiger partial charge in [-0.25, -0.2) is 9.59 Å². The Balaban J connectivity index is 5.47. The maximum atomic E-state index is 12.2. The smallest absolute Gasteiger partial charge is 0.434 e. The first kappa shape index (κ1) is 18.1. The van der Waals surface area contributed by atoms with Crippen LogP contribution >= 0.6 is 0 Å². The number of alkyl halides is 6. The van der Waals surface area contributed by atoms with Crippen LogP contribution in [-0.4, -0.2) is 44.6 Å². The Morgan fingerprint density at radius 2 is 1.40 bits per heavy atom. The number of methoxy groups -OCH3 is 2. The molecule has 116 valence electrons. The van der Waals surface area contributed by atoms with Gasteiger partial charge in [0.15, 0.2) is 0 Å². The van der Waals surface area contributed by atoms with Crippen molar-refractivity contribution in [2.75, 3.05) is 14.2 Å². The van der Waals surface area contributed by atoms with Gasteiger partial charge in [0.2, 0.25) is 5.76 Å². The van der Waals surface area contributed by atoms with E-state index >= 15 is 0 Å². The lowest BCUT2D eigenvalue weighted by molar-refractivity contribution is -0.312. The van der Waals surface area contributed by atoms with Gasteiger partial charge in [0, 0.05) is 0 Å². The standard InChI is InChI=1S/C9H8F6O5/c1-18-5(16)3-4(6(17)19-2)20-7(8(10,11)12)9(13,14)15/h3,7H,1-2H3/b4-3+. The summed E-state index contributed by atoms with van der Waals surface area (Å²) in [6.45, 7) is 0. The Kier molecular flexibility index (Phi) is 5.85. The van der Waals surface area contributed by atoms with E-state index in [0.717, 1.165) is 7.11 Å². The largest absolute Gasteiger partial charge is 0.466 e. The Hall–Kier alpha value is -1.94. The number of carbonyl (C=O) groups is 2. The minimum atomic E-state index is -5.85. The second-order valence-electron chi connectivity index (χ2n) is 3.10. The van der Waals surface area contributed by atoms with Gasteiger partial charge in [-0.3, -0.25) is 0 Å².